The van der Waals surface area contributed by atoms with E-state index in [0.717, 1.165) is 12.8 Å². The van der Waals surface area contributed by atoms with Gasteiger partial charge >= 0.3 is 0 Å². The molecule has 0 aromatic heterocycles. The Morgan fingerprint density at radius 2 is 1.92 bits per heavy atom. The lowest BCUT2D eigenvalue weighted by Crippen LogP contribution is -2.48. The highest BCUT2D eigenvalue weighted by Crippen LogP contribution is 2.25. The van der Waals surface area contributed by atoms with E-state index in [-0.39, 0.29) is 30.4 Å². The van der Waals surface area contributed by atoms with Crippen LogP contribution >= 0.6 is 23.2 Å². The lowest BCUT2D eigenvalue weighted by Gasteiger charge is -2.25. The smallest absolute Gasteiger partial charge is 0.238 e. The maximum absolute atomic E-state index is 12.2. The van der Waals surface area contributed by atoms with E-state index in [1.807, 2.05) is 0 Å². The van der Waals surface area contributed by atoms with Gasteiger partial charge in [0.15, 0.2) is 0 Å². The van der Waals surface area contributed by atoms with Gasteiger partial charge in [-0.3, -0.25) is 14.5 Å². The molecule has 1 atom stereocenters. The number of anilines is 1. The first-order chi connectivity index (χ1) is 11.4. The average Bonchev–Trinajstić information content (AvgIpc) is 3.02. The molecule has 0 saturated heterocycles. The summed E-state index contributed by atoms with van der Waals surface area (Å²) in [5.41, 5.74) is 0.575. The zero-order valence-corrected chi connectivity index (χ0v) is 15.5. The molecular formula is C17H23Cl2N3O2. The van der Waals surface area contributed by atoms with Crippen LogP contribution in [0.1, 0.15) is 32.6 Å². The molecule has 7 heteroatoms. The van der Waals surface area contributed by atoms with Crippen LogP contribution in [0.25, 0.3) is 0 Å². The van der Waals surface area contributed by atoms with Gasteiger partial charge in [-0.1, -0.05) is 36.0 Å². The van der Waals surface area contributed by atoms with Crippen LogP contribution in [0.2, 0.25) is 10.0 Å². The summed E-state index contributed by atoms with van der Waals surface area (Å²) in [4.78, 5) is 26.1. The molecule has 1 saturated carbocycles. The van der Waals surface area contributed by atoms with Crippen molar-refractivity contribution in [1.82, 2.24) is 10.2 Å². The van der Waals surface area contributed by atoms with E-state index in [1.165, 1.54) is 12.8 Å². The predicted octanol–water partition coefficient (Wildman–Crippen LogP) is 3.31. The van der Waals surface area contributed by atoms with E-state index in [0.29, 0.717) is 15.7 Å². The molecule has 0 heterocycles. The highest BCUT2D eigenvalue weighted by molar-refractivity contribution is 6.42. The minimum atomic E-state index is -0.370. The molecule has 2 amide bonds. The van der Waals surface area contributed by atoms with Crippen molar-refractivity contribution in [2.75, 3.05) is 18.9 Å². The van der Waals surface area contributed by atoms with E-state index >= 15 is 0 Å². The maximum atomic E-state index is 12.2. The van der Waals surface area contributed by atoms with Crippen LogP contribution in [0.4, 0.5) is 5.69 Å². The van der Waals surface area contributed by atoms with Crippen molar-refractivity contribution in [3.63, 3.8) is 0 Å². The highest BCUT2D eigenvalue weighted by Gasteiger charge is 2.24. The number of nitrogens with one attached hydrogen (secondary N) is 2. The summed E-state index contributed by atoms with van der Waals surface area (Å²) in [5.74, 6) is -0.247. The van der Waals surface area contributed by atoms with Crippen LogP contribution in [-0.2, 0) is 9.59 Å². The van der Waals surface area contributed by atoms with E-state index < -0.39 is 0 Å². The molecule has 132 valence electrons. The zero-order valence-electron chi connectivity index (χ0n) is 13.9. The summed E-state index contributed by atoms with van der Waals surface area (Å²) in [6, 6.07) is 4.81. The molecular weight excluding hydrogens is 349 g/mol. The number of hydrogen-bond donors (Lipinski definition) is 2. The molecule has 2 N–H and O–H groups in total. The Morgan fingerprint density at radius 1 is 1.25 bits per heavy atom. The molecule has 24 heavy (non-hydrogen) atoms. The second kappa shape index (κ2) is 8.70. The lowest BCUT2D eigenvalue weighted by molar-refractivity contribution is -0.127. The molecule has 5 nitrogen and oxygen atoms in total. The third kappa shape index (κ3) is 5.36. The van der Waals surface area contributed by atoms with Crippen LogP contribution in [0.3, 0.4) is 0 Å². The van der Waals surface area contributed by atoms with E-state index in [1.54, 1.807) is 37.1 Å². The summed E-state index contributed by atoms with van der Waals surface area (Å²) in [6.45, 7) is 1.91. The van der Waals surface area contributed by atoms with E-state index in [2.05, 4.69) is 10.6 Å². The van der Waals surface area contributed by atoms with E-state index in [4.69, 9.17) is 23.2 Å². The van der Waals surface area contributed by atoms with Crippen molar-refractivity contribution >= 4 is 40.7 Å². The molecule has 1 aromatic carbocycles. The quantitative estimate of drug-likeness (QED) is 0.806. The van der Waals surface area contributed by atoms with Gasteiger partial charge in [0, 0.05) is 11.7 Å². The standard InChI is InChI=1S/C17H23Cl2N3O2/c1-11(17(24)21-12-5-3-4-6-12)22(2)10-16(23)20-13-7-8-14(18)15(19)9-13/h7-9,11-12H,3-6,10H2,1-2H3,(H,20,23)(H,21,24). The average molecular weight is 372 g/mol. The summed E-state index contributed by atoms with van der Waals surface area (Å²) in [5, 5.41) is 6.62. The number of rotatable bonds is 6. The molecule has 1 aliphatic rings. The van der Waals surface area contributed by atoms with Gasteiger partial charge in [-0.15, -0.1) is 0 Å². The number of hydrogen-bond acceptors (Lipinski definition) is 3. The van der Waals surface area contributed by atoms with Crippen LogP contribution < -0.4 is 10.6 Å². The van der Waals surface area contributed by atoms with Crippen molar-refractivity contribution in [2.24, 2.45) is 0 Å². The number of halogens is 2. The van der Waals surface area contributed by atoms with Crippen molar-refractivity contribution in [2.45, 2.75) is 44.7 Å². The normalized spacial score (nSPS) is 16.2. The molecule has 1 aliphatic carbocycles. The topological polar surface area (TPSA) is 61.4 Å². The first kappa shape index (κ1) is 19.0. The number of benzene rings is 1. The first-order valence-electron chi connectivity index (χ1n) is 8.12. The molecule has 1 fully saturated rings. The third-order valence-electron chi connectivity index (χ3n) is 4.34. The van der Waals surface area contributed by atoms with Gasteiger partial charge in [-0.25, -0.2) is 0 Å². The maximum Gasteiger partial charge on any atom is 0.238 e. The van der Waals surface area contributed by atoms with Crippen LogP contribution in [0.15, 0.2) is 18.2 Å². The fourth-order valence-corrected chi connectivity index (χ4v) is 3.03. The molecule has 0 radical (unpaired) electrons. The van der Waals surface area contributed by atoms with Gasteiger partial charge < -0.3 is 10.6 Å². The minimum absolute atomic E-state index is 0.0354. The number of likely N-dealkylation sites (N-methyl/N-ethyl adjacent to an activating group) is 1. The predicted molar refractivity (Wildman–Crippen MR) is 97.6 cm³/mol. The molecule has 0 bridgehead atoms. The van der Waals surface area contributed by atoms with Gasteiger partial charge in [0.2, 0.25) is 11.8 Å². The largest absolute Gasteiger partial charge is 0.352 e. The van der Waals surface area contributed by atoms with Crippen LogP contribution in [-0.4, -0.2) is 42.4 Å². The first-order valence-corrected chi connectivity index (χ1v) is 8.88. The summed E-state index contributed by atoms with van der Waals surface area (Å²) >= 11 is 11.8. The molecule has 2 rings (SSSR count). The van der Waals surface area contributed by atoms with Crippen molar-refractivity contribution in [3.8, 4) is 0 Å². The molecule has 1 aromatic rings. The second-order valence-corrected chi connectivity index (χ2v) is 7.07. The Morgan fingerprint density at radius 3 is 2.54 bits per heavy atom. The fraction of sp³-hybridized carbons (Fsp3) is 0.529. The Labute approximate surface area is 152 Å². The SMILES string of the molecule is CC(C(=O)NC1CCCC1)N(C)CC(=O)Nc1ccc(Cl)c(Cl)c1. The van der Waals surface area contributed by atoms with Crippen molar-refractivity contribution < 1.29 is 9.59 Å². The van der Waals surface area contributed by atoms with Crippen LogP contribution in [0, 0.1) is 0 Å². The Balaban J connectivity index is 1.83. The van der Waals surface area contributed by atoms with Gasteiger partial charge in [-0.05, 0) is 45.0 Å². The monoisotopic (exact) mass is 371 g/mol. The van der Waals surface area contributed by atoms with E-state index in [9.17, 15) is 9.59 Å². The van der Waals surface area contributed by atoms with Gasteiger partial charge in [0.1, 0.15) is 0 Å². The fourth-order valence-electron chi connectivity index (χ4n) is 2.73. The number of amides is 2. The third-order valence-corrected chi connectivity index (χ3v) is 5.08. The molecule has 0 aliphatic heterocycles. The summed E-state index contributed by atoms with van der Waals surface area (Å²) < 4.78 is 0. The minimum Gasteiger partial charge on any atom is -0.352 e. The van der Waals surface area contributed by atoms with Gasteiger partial charge in [0.25, 0.3) is 0 Å². The van der Waals surface area contributed by atoms with Crippen molar-refractivity contribution in [3.05, 3.63) is 28.2 Å². The van der Waals surface area contributed by atoms with Crippen LogP contribution in [0.5, 0.6) is 0 Å². The Bertz CT molecular complexity index is 603. The van der Waals surface area contributed by atoms with Crippen molar-refractivity contribution in [1.29, 1.82) is 0 Å². The van der Waals surface area contributed by atoms with Gasteiger partial charge in [-0.2, -0.15) is 0 Å². The zero-order chi connectivity index (χ0) is 17.7. The summed E-state index contributed by atoms with van der Waals surface area (Å²) in [6.07, 6.45) is 4.42. The van der Waals surface area contributed by atoms with Gasteiger partial charge in [0.05, 0.1) is 22.6 Å². The summed E-state index contributed by atoms with van der Waals surface area (Å²) in [7, 11) is 1.76. The number of nitrogens with zero attached hydrogens (tertiary/aromatic N) is 1. The second-order valence-electron chi connectivity index (χ2n) is 6.26. The number of carbonyl (C=O) groups is 2. The highest BCUT2D eigenvalue weighted by atomic mass is 35.5. The number of carbonyl (C=O) groups excluding carboxylic acids is 2. The molecule has 0 spiro atoms. The Kier molecular flexibility index (Phi) is 6.90. The lowest BCUT2D eigenvalue weighted by atomic mass is 10.2. The Hall–Kier alpha value is -1.30. The molecule has 1 unspecified atom stereocenters.